The third-order valence-electron chi connectivity index (χ3n) is 2.83. The number of carbonyl (C=O) groups excluding carboxylic acids is 1. The van der Waals surface area contributed by atoms with Gasteiger partial charge in [0, 0.05) is 40.2 Å². The number of piperidine rings is 1. The number of alkyl halides is 1. The first-order chi connectivity index (χ1) is 7.67. The van der Waals surface area contributed by atoms with E-state index in [-0.39, 0.29) is 12.7 Å². The van der Waals surface area contributed by atoms with Crippen LogP contribution < -0.4 is 0 Å². The highest BCUT2D eigenvalue weighted by atomic mass is 35.5. The van der Waals surface area contributed by atoms with Crippen LogP contribution in [0.3, 0.4) is 0 Å². The van der Waals surface area contributed by atoms with E-state index < -0.39 is 5.79 Å². The van der Waals surface area contributed by atoms with Gasteiger partial charge >= 0.3 is 6.09 Å². The standard InChI is InChI=1S/C10H18ClNO4/c1-14-10(15-2)3-6-12(7-4-10)9(13)16-8-5-11/h3-8H2,1-2H3. The molecule has 0 aromatic heterocycles. The number of carbonyl (C=O) groups is 1. The third kappa shape index (κ3) is 3.23. The van der Waals surface area contributed by atoms with Crippen LogP contribution in [0.15, 0.2) is 0 Å². The van der Waals surface area contributed by atoms with Gasteiger partial charge in [-0.15, -0.1) is 11.6 Å². The van der Waals surface area contributed by atoms with Gasteiger partial charge in [0.2, 0.25) is 0 Å². The smallest absolute Gasteiger partial charge is 0.409 e. The minimum absolute atomic E-state index is 0.247. The molecule has 16 heavy (non-hydrogen) atoms. The topological polar surface area (TPSA) is 48.0 Å². The number of halogens is 1. The Morgan fingerprint density at radius 1 is 1.31 bits per heavy atom. The van der Waals surface area contributed by atoms with Crippen LogP contribution in [0.4, 0.5) is 4.79 Å². The SMILES string of the molecule is COC1(OC)CCN(C(=O)OCCCl)CC1. The van der Waals surface area contributed by atoms with Crippen molar-refractivity contribution in [1.29, 1.82) is 0 Å². The molecule has 1 heterocycles. The van der Waals surface area contributed by atoms with Crippen LogP contribution in [0.25, 0.3) is 0 Å². The largest absolute Gasteiger partial charge is 0.448 e. The Morgan fingerprint density at radius 3 is 2.31 bits per heavy atom. The number of nitrogens with zero attached hydrogens (tertiary/aromatic N) is 1. The Hall–Kier alpha value is -0.520. The molecule has 0 unspecified atom stereocenters. The summed E-state index contributed by atoms with van der Waals surface area (Å²) in [4.78, 5) is 13.1. The summed E-state index contributed by atoms with van der Waals surface area (Å²) < 4.78 is 15.6. The van der Waals surface area contributed by atoms with E-state index in [0.29, 0.717) is 31.8 Å². The van der Waals surface area contributed by atoms with E-state index in [1.165, 1.54) is 0 Å². The van der Waals surface area contributed by atoms with Gasteiger partial charge in [-0.2, -0.15) is 0 Å². The first kappa shape index (κ1) is 13.5. The van der Waals surface area contributed by atoms with Crippen molar-refractivity contribution in [2.45, 2.75) is 18.6 Å². The van der Waals surface area contributed by atoms with Crippen LogP contribution >= 0.6 is 11.6 Å². The van der Waals surface area contributed by atoms with Crippen molar-refractivity contribution in [3.8, 4) is 0 Å². The summed E-state index contributed by atoms with van der Waals surface area (Å²) in [5, 5.41) is 0. The molecule has 0 saturated carbocycles. The second kappa shape index (κ2) is 6.27. The molecule has 5 nitrogen and oxygen atoms in total. The molecule has 1 fully saturated rings. The molecule has 1 amide bonds. The summed E-state index contributed by atoms with van der Waals surface area (Å²) in [7, 11) is 3.23. The van der Waals surface area contributed by atoms with E-state index >= 15 is 0 Å². The number of likely N-dealkylation sites (tertiary alicyclic amines) is 1. The zero-order valence-corrected chi connectivity index (χ0v) is 10.5. The summed E-state index contributed by atoms with van der Waals surface area (Å²) in [6, 6.07) is 0. The summed E-state index contributed by atoms with van der Waals surface area (Å²) in [6.45, 7) is 1.39. The maximum absolute atomic E-state index is 11.5. The quantitative estimate of drug-likeness (QED) is 0.561. The zero-order chi connectivity index (χ0) is 12.0. The molecule has 0 spiro atoms. The number of hydrogen-bond acceptors (Lipinski definition) is 4. The molecule has 1 saturated heterocycles. The van der Waals surface area contributed by atoms with E-state index in [1.54, 1.807) is 19.1 Å². The lowest BCUT2D eigenvalue weighted by molar-refractivity contribution is -0.227. The molecule has 1 rings (SSSR count). The fourth-order valence-electron chi connectivity index (χ4n) is 1.74. The average molecular weight is 252 g/mol. The van der Waals surface area contributed by atoms with Gasteiger partial charge in [0.1, 0.15) is 6.61 Å². The predicted octanol–water partition coefficient (Wildman–Crippen LogP) is 1.45. The van der Waals surface area contributed by atoms with Gasteiger partial charge < -0.3 is 19.1 Å². The number of ether oxygens (including phenoxy) is 3. The van der Waals surface area contributed by atoms with E-state index in [0.717, 1.165) is 0 Å². The molecule has 1 aliphatic rings. The van der Waals surface area contributed by atoms with Gasteiger partial charge in [0.15, 0.2) is 5.79 Å². The lowest BCUT2D eigenvalue weighted by Crippen LogP contribution is -2.48. The summed E-state index contributed by atoms with van der Waals surface area (Å²) >= 11 is 5.44. The maximum Gasteiger partial charge on any atom is 0.409 e. The Kier molecular flexibility index (Phi) is 5.31. The second-order valence-electron chi connectivity index (χ2n) is 3.61. The van der Waals surface area contributed by atoms with Gasteiger partial charge in [-0.05, 0) is 0 Å². The fraction of sp³-hybridized carbons (Fsp3) is 0.900. The summed E-state index contributed by atoms with van der Waals surface area (Å²) in [5.41, 5.74) is 0. The van der Waals surface area contributed by atoms with E-state index in [1.807, 2.05) is 0 Å². The van der Waals surface area contributed by atoms with Crippen molar-refractivity contribution in [2.24, 2.45) is 0 Å². The Bertz CT molecular complexity index is 223. The minimum Gasteiger partial charge on any atom is -0.448 e. The first-order valence-electron chi connectivity index (χ1n) is 5.25. The van der Waals surface area contributed by atoms with Crippen molar-refractivity contribution in [2.75, 3.05) is 39.8 Å². The average Bonchev–Trinajstić information content (AvgIpc) is 2.36. The zero-order valence-electron chi connectivity index (χ0n) is 9.70. The van der Waals surface area contributed by atoms with Crippen LogP contribution in [-0.4, -0.2) is 56.6 Å². The Balaban J connectivity index is 2.39. The van der Waals surface area contributed by atoms with Gasteiger partial charge in [-0.3, -0.25) is 0 Å². The molecule has 1 aliphatic heterocycles. The van der Waals surface area contributed by atoms with Crippen molar-refractivity contribution < 1.29 is 19.0 Å². The van der Waals surface area contributed by atoms with E-state index in [4.69, 9.17) is 25.8 Å². The lowest BCUT2D eigenvalue weighted by Gasteiger charge is -2.38. The highest BCUT2D eigenvalue weighted by molar-refractivity contribution is 6.18. The maximum atomic E-state index is 11.5. The number of amides is 1. The predicted molar refractivity (Wildman–Crippen MR) is 59.6 cm³/mol. The molecule has 0 aromatic carbocycles. The molecule has 0 atom stereocenters. The minimum atomic E-state index is -0.552. The van der Waals surface area contributed by atoms with E-state index in [9.17, 15) is 4.79 Å². The molecule has 6 heteroatoms. The number of hydrogen-bond donors (Lipinski definition) is 0. The van der Waals surface area contributed by atoms with Gasteiger partial charge in [0.05, 0.1) is 5.88 Å². The third-order valence-corrected chi connectivity index (χ3v) is 2.98. The molecule has 0 radical (unpaired) electrons. The van der Waals surface area contributed by atoms with Crippen molar-refractivity contribution in [3.05, 3.63) is 0 Å². The van der Waals surface area contributed by atoms with Crippen LogP contribution in [0.5, 0.6) is 0 Å². The summed E-state index contributed by atoms with van der Waals surface area (Å²) in [5.74, 6) is -0.233. The van der Waals surface area contributed by atoms with Crippen molar-refractivity contribution in [1.82, 2.24) is 4.90 Å². The molecule has 0 aromatic rings. The second-order valence-corrected chi connectivity index (χ2v) is 3.99. The number of rotatable bonds is 4. The van der Waals surface area contributed by atoms with Gasteiger partial charge in [-0.1, -0.05) is 0 Å². The fourth-order valence-corrected chi connectivity index (χ4v) is 1.82. The molecule has 94 valence electrons. The van der Waals surface area contributed by atoms with Gasteiger partial charge in [-0.25, -0.2) is 4.79 Å². The lowest BCUT2D eigenvalue weighted by atomic mass is 10.0. The monoisotopic (exact) mass is 251 g/mol. The molecule has 0 N–H and O–H groups in total. The Labute approximate surface area is 101 Å². The molecular weight excluding hydrogens is 234 g/mol. The van der Waals surface area contributed by atoms with Crippen molar-refractivity contribution in [3.63, 3.8) is 0 Å². The van der Waals surface area contributed by atoms with Crippen LogP contribution in [0, 0.1) is 0 Å². The summed E-state index contributed by atoms with van der Waals surface area (Å²) in [6.07, 6.45) is 0.979. The van der Waals surface area contributed by atoms with Crippen LogP contribution in [0.1, 0.15) is 12.8 Å². The van der Waals surface area contributed by atoms with Gasteiger partial charge in [0.25, 0.3) is 0 Å². The molecular formula is C10H18ClNO4. The molecule has 0 bridgehead atoms. The van der Waals surface area contributed by atoms with E-state index in [2.05, 4.69) is 0 Å². The van der Waals surface area contributed by atoms with Crippen LogP contribution in [-0.2, 0) is 14.2 Å². The Morgan fingerprint density at radius 2 is 1.88 bits per heavy atom. The number of methoxy groups -OCH3 is 2. The van der Waals surface area contributed by atoms with Crippen molar-refractivity contribution >= 4 is 17.7 Å². The normalized spacial score (nSPS) is 19.6. The highest BCUT2D eigenvalue weighted by Gasteiger charge is 2.36. The highest BCUT2D eigenvalue weighted by Crippen LogP contribution is 2.26. The molecule has 0 aliphatic carbocycles. The van der Waals surface area contributed by atoms with Crippen LogP contribution in [0.2, 0.25) is 0 Å². The first-order valence-corrected chi connectivity index (χ1v) is 5.79.